The van der Waals surface area contributed by atoms with Gasteiger partial charge in [-0.1, -0.05) is 25.9 Å². The molecule has 142 valence electrons. The molecule has 2 aromatic rings. The maximum atomic E-state index is 12.6. The van der Waals surface area contributed by atoms with Gasteiger partial charge in [0.2, 0.25) is 5.88 Å². The molecular weight excluding hydrogens is 349 g/mol. The van der Waals surface area contributed by atoms with Crippen molar-refractivity contribution in [2.45, 2.75) is 58.2 Å². The van der Waals surface area contributed by atoms with Gasteiger partial charge in [-0.2, -0.15) is 13.2 Å². The number of nitrogens with zero attached hydrogens (tertiary/aromatic N) is 2. The Kier molecular flexibility index (Phi) is 5.17. The van der Waals surface area contributed by atoms with Gasteiger partial charge >= 0.3 is 6.18 Å². The summed E-state index contributed by atoms with van der Waals surface area (Å²) in [6.45, 7) is 8.96. The van der Waals surface area contributed by atoms with Crippen molar-refractivity contribution in [1.82, 2.24) is 10.1 Å². The summed E-state index contributed by atoms with van der Waals surface area (Å²) in [5, 5.41) is 3.95. The number of hydrogen-bond acceptors (Lipinski definition) is 5. The van der Waals surface area contributed by atoms with E-state index >= 15 is 0 Å². The zero-order chi connectivity index (χ0) is 19.8. The maximum Gasteiger partial charge on any atom is 0.417 e. The molecule has 0 bridgehead atoms. The molecule has 0 saturated carbocycles. The molecule has 5 nitrogen and oxygen atoms in total. The highest BCUT2D eigenvalue weighted by Crippen LogP contribution is 2.30. The summed E-state index contributed by atoms with van der Waals surface area (Å²) in [6, 6.07) is 3.66. The molecule has 0 atom stereocenters. The lowest BCUT2D eigenvalue weighted by atomic mass is 9.91. The highest BCUT2D eigenvalue weighted by atomic mass is 19.4. The van der Waals surface area contributed by atoms with Gasteiger partial charge in [0.05, 0.1) is 17.7 Å². The molecule has 0 fully saturated rings. The van der Waals surface area contributed by atoms with Crippen LogP contribution in [0.15, 0.2) is 28.9 Å². The van der Waals surface area contributed by atoms with E-state index in [1.54, 1.807) is 6.07 Å². The molecule has 0 aliphatic heterocycles. The third kappa shape index (κ3) is 4.83. The summed E-state index contributed by atoms with van der Waals surface area (Å²) in [5.74, 6) is 0.0251. The number of aromatic nitrogens is 2. The van der Waals surface area contributed by atoms with Crippen molar-refractivity contribution in [3.8, 4) is 5.88 Å². The zero-order valence-electron chi connectivity index (χ0n) is 15.3. The summed E-state index contributed by atoms with van der Waals surface area (Å²) < 4.78 is 48.4. The quantitative estimate of drug-likeness (QED) is 0.783. The molecule has 0 radical (unpaired) electrons. The van der Waals surface area contributed by atoms with Crippen LogP contribution in [0.25, 0.3) is 0 Å². The minimum Gasteiger partial charge on any atom is -0.464 e. The smallest absolute Gasteiger partial charge is 0.417 e. The van der Waals surface area contributed by atoms with Crippen LogP contribution in [0, 0.1) is 0 Å². The Morgan fingerprint density at radius 2 is 1.81 bits per heavy atom. The predicted molar refractivity (Wildman–Crippen MR) is 87.9 cm³/mol. The van der Waals surface area contributed by atoms with Gasteiger partial charge in [0, 0.05) is 23.7 Å². The van der Waals surface area contributed by atoms with Gasteiger partial charge < -0.3 is 9.26 Å². The van der Waals surface area contributed by atoms with Crippen LogP contribution < -0.4 is 4.74 Å². The first kappa shape index (κ1) is 19.9. The van der Waals surface area contributed by atoms with Gasteiger partial charge in [0.25, 0.3) is 0 Å². The van der Waals surface area contributed by atoms with Crippen LogP contribution >= 0.6 is 0 Å². The normalized spacial score (nSPS) is 12.9. The number of carbonyl (C=O) groups is 1. The van der Waals surface area contributed by atoms with Crippen LogP contribution in [0.1, 0.15) is 51.6 Å². The number of halogens is 3. The van der Waals surface area contributed by atoms with E-state index in [0.717, 1.165) is 17.8 Å². The summed E-state index contributed by atoms with van der Waals surface area (Å²) >= 11 is 0. The van der Waals surface area contributed by atoms with Gasteiger partial charge in [-0.15, -0.1) is 0 Å². The van der Waals surface area contributed by atoms with E-state index in [9.17, 15) is 18.0 Å². The van der Waals surface area contributed by atoms with Crippen molar-refractivity contribution >= 4 is 5.78 Å². The predicted octanol–water partition coefficient (Wildman–Crippen LogP) is 4.36. The SMILES string of the molecule is CC(C)(Oc1ccc(C(F)(F)F)cn1)C(=O)Cc1cc(C(C)(C)C)no1. The van der Waals surface area contributed by atoms with Crippen LogP contribution in [-0.2, 0) is 22.8 Å². The Morgan fingerprint density at radius 3 is 2.27 bits per heavy atom. The number of hydrogen-bond donors (Lipinski definition) is 0. The Hall–Kier alpha value is -2.38. The number of alkyl halides is 3. The number of ketones is 1. The van der Waals surface area contributed by atoms with Crippen LogP contribution in [0.4, 0.5) is 13.2 Å². The van der Waals surface area contributed by atoms with Gasteiger partial charge in [-0.25, -0.2) is 4.98 Å². The lowest BCUT2D eigenvalue weighted by molar-refractivity contribution is -0.138. The largest absolute Gasteiger partial charge is 0.464 e. The van der Waals surface area contributed by atoms with E-state index in [1.165, 1.54) is 13.8 Å². The second kappa shape index (κ2) is 6.74. The molecule has 2 aromatic heterocycles. The fourth-order valence-electron chi connectivity index (χ4n) is 2.05. The van der Waals surface area contributed by atoms with Gasteiger partial charge in [-0.3, -0.25) is 4.79 Å². The van der Waals surface area contributed by atoms with Gasteiger partial charge in [0.15, 0.2) is 11.4 Å². The van der Waals surface area contributed by atoms with Crippen LogP contribution in [-0.4, -0.2) is 21.5 Å². The molecule has 8 heteroatoms. The highest BCUT2D eigenvalue weighted by Gasteiger charge is 2.33. The van der Waals surface area contributed by atoms with E-state index in [2.05, 4.69) is 10.1 Å². The van der Waals surface area contributed by atoms with E-state index in [-0.39, 0.29) is 23.5 Å². The Labute approximate surface area is 149 Å². The lowest BCUT2D eigenvalue weighted by Gasteiger charge is -2.24. The number of rotatable bonds is 5. The second-order valence-corrected chi connectivity index (χ2v) is 7.52. The van der Waals surface area contributed by atoms with Crippen LogP contribution in [0.3, 0.4) is 0 Å². The zero-order valence-corrected chi connectivity index (χ0v) is 15.3. The standard InChI is InChI=1S/C18H21F3N2O3/c1-16(2,3)13-8-12(26-23-13)9-14(24)17(4,5)25-15-7-6-11(10-22-15)18(19,20)21/h6-8,10H,9H2,1-5H3. The number of carbonyl (C=O) groups excluding carboxylic acids is 1. The van der Waals surface area contributed by atoms with E-state index in [0.29, 0.717) is 12.0 Å². The molecule has 0 spiro atoms. The van der Waals surface area contributed by atoms with Crippen LogP contribution in [0.2, 0.25) is 0 Å². The van der Waals surface area contributed by atoms with Crippen molar-refractivity contribution in [2.24, 2.45) is 0 Å². The average molecular weight is 370 g/mol. The van der Waals surface area contributed by atoms with Crippen molar-refractivity contribution < 1.29 is 27.2 Å². The lowest BCUT2D eigenvalue weighted by Crippen LogP contribution is -2.39. The Bertz CT molecular complexity index is 772. The molecule has 2 heterocycles. The highest BCUT2D eigenvalue weighted by molar-refractivity contribution is 5.88. The molecule has 0 aliphatic rings. The molecule has 26 heavy (non-hydrogen) atoms. The first-order valence-corrected chi connectivity index (χ1v) is 8.01. The van der Waals surface area contributed by atoms with Gasteiger partial charge in [0.1, 0.15) is 5.76 Å². The minimum absolute atomic E-state index is 0.0449. The fourth-order valence-corrected chi connectivity index (χ4v) is 2.05. The van der Waals surface area contributed by atoms with E-state index < -0.39 is 17.3 Å². The minimum atomic E-state index is -4.48. The van der Waals surface area contributed by atoms with E-state index in [1.807, 2.05) is 20.8 Å². The van der Waals surface area contributed by atoms with Crippen molar-refractivity contribution in [3.63, 3.8) is 0 Å². The fraction of sp³-hybridized carbons (Fsp3) is 0.500. The molecular formula is C18H21F3N2O3. The average Bonchev–Trinajstić information content (AvgIpc) is 2.95. The summed E-state index contributed by atoms with van der Waals surface area (Å²) in [6.07, 6.45) is -3.85. The number of pyridine rings is 1. The molecule has 0 aromatic carbocycles. The van der Waals surface area contributed by atoms with E-state index in [4.69, 9.17) is 9.26 Å². The maximum absolute atomic E-state index is 12.6. The van der Waals surface area contributed by atoms with Crippen molar-refractivity contribution in [2.75, 3.05) is 0 Å². The third-order valence-corrected chi connectivity index (χ3v) is 3.76. The van der Waals surface area contributed by atoms with Crippen molar-refractivity contribution in [1.29, 1.82) is 0 Å². The first-order valence-electron chi connectivity index (χ1n) is 8.01. The van der Waals surface area contributed by atoms with Crippen molar-refractivity contribution in [3.05, 3.63) is 41.4 Å². The molecule has 0 N–H and O–H groups in total. The Morgan fingerprint density at radius 1 is 1.15 bits per heavy atom. The Balaban J connectivity index is 2.07. The summed E-state index contributed by atoms with van der Waals surface area (Å²) in [5.41, 5.74) is -1.66. The molecule has 0 amide bonds. The monoisotopic (exact) mass is 370 g/mol. The molecule has 2 rings (SSSR count). The number of ether oxygens (including phenoxy) is 1. The second-order valence-electron chi connectivity index (χ2n) is 7.52. The topological polar surface area (TPSA) is 65.2 Å². The number of Topliss-reactive ketones (excluding diaryl/α,β-unsaturated/α-hetero) is 1. The summed E-state index contributed by atoms with van der Waals surface area (Å²) in [7, 11) is 0. The van der Waals surface area contributed by atoms with Gasteiger partial charge in [-0.05, 0) is 19.9 Å². The molecule has 0 aliphatic carbocycles. The van der Waals surface area contributed by atoms with Crippen LogP contribution in [0.5, 0.6) is 5.88 Å². The third-order valence-electron chi connectivity index (χ3n) is 3.76. The molecule has 0 unspecified atom stereocenters. The first-order chi connectivity index (χ1) is 11.8. The summed E-state index contributed by atoms with van der Waals surface area (Å²) in [4.78, 5) is 16.1. The molecule has 0 saturated heterocycles.